The van der Waals surface area contributed by atoms with Crippen molar-refractivity contribution in [3.8, 4) is 0 Å². The van der Waals surface area contributed by atoms with E-state index in [2.05, 4.69) is 0 Å². The van der Waals surface area contributed by atoms with E-state index in [0.717, 1.165) is 0 Å². The minimum absolute atomic E-state index is 0.103. The number of nitro groups is 1. The fraction of sp³-hybridized carbons (Fsp3) is 0.417. The molecule has 0 saturated carbocycles. The number of rotatable bonds is 6. The van der Waals surface area contributed by atoms with E-state index in [1.807, 2.05) is 0 Å². The Labute approximate surface area is 105 Å². The number of methoxy groups -OCH3 is 1. The second-order valence-electron chi connectivity index (χ2n) is 4.08. The summed E-state index contributed by atoms with van der Waals surface area (Å²) < 4.78 is 4.89. The zero-order valence-electron chi connectivity index (χ0n) is 10.3. The summed E-state index contributed by atoms with van der Waals surface area (Å²) in [4.78, 5) is 22.2. The number of nitro benzene ring substituents is 1. The van der Waals surface area contributed by atoms with Gasteiger partial charge in [-0.15, -0.1) is 0 Å². The van der Waals surface area contributed by atoms with Crippen LogP contribution in [0.3, 0.4) is 0 Å². The molecule has 2 atom stereocenters. The summed E-state index contributed by atoms with van der Waals surface area (Å²) in [6.07, 6.45) is 0. The molecule has 2 N–H and O–H groups in total. The number of ether oxygens (including phenoxy) is 1. The van der Waals surface area contributed by atoms with Gasteiger partial charge in [0, 0.05) is 36.8 Å². The first-order valence-electron chi connectivity index (χ1n) is 5.50. The van der Waals surface area contributed by atoms with Gasteiger partial charge in [-0.3, -0.25) is 14.9 Å². The number of non-ortho nitro benzene ring substituents is 1. The maximum atomic E-state index is 12.1. The van der Waals surface area contributed by atoms with Crippen LogP contribution >= 0.6 is 0 Å². The van der Waals surface area contributed by atoms with Crippen LogP contribution in [0, 0.1) is 16.0 Å². The molecule has 0 spiro atoms. The van der Waals surface area contributed by atoms with Crippen LogP contribution in [0.4, 0.5) is 5.69 Å². The number of benzene rings is 1. The van der Waals surface area contributed by atoms with Crippen molar-refractivity contribution in [3.05, 3.63) is 39.9 Å². The van der Waals surface area contributed by atoms with Crippen molar-refractivity contribution in [2.75, 3.05) is 13.7 Å². The van der Waals surface area contributed by atoms with Crippen molar-refractivity contribution in [1.29, 1.82) is 0 Å². The van der Waals surface area contributed by atoms with Gasteiger partial charge in [0.2, 0.25) is 0 Å². The third kappa shape index (κ3) is 3.35. The highest BCUT2D eigenvalue weighted by atomic mass is 16.6. The number of carbonyl (C=O) groups is 1. The molecule has 6 nitrogen and oxygen atoms in total. The van der Waals surface area contributed by atoms with Crippen molar-refractivity contribution in [2.24, 2.45) is 11.7 Å². The van der Waals surface area contributed by atoms with Gasteiger partial charge >= 0.3 is 0 Å². The van der Waals surface area contributed by atoms with Crippen molar-refractivity contribution in [3.63, 3.8) is 0 Å². The lowest BCUT2D eigenvalue weighted by molar-refractivity contribution is -0.384. The van der Waals surface area contributed by atoms with Gasteiger partial charge in [0.1, 0.15) is 0 Å². The topological polar surface area (TPSA) is 95.5 Å². The second-order valence-corrected chi connectivity index (χ2v) is 4.08. The molecule has 0 saturated heterocycles. The molecular weight excluding hydrogens is 236 g/mol. The summed E-state index contributed by atoms with van der Waals surface area (Å²) in [5.74, 6) is -0.671. The molecular formula is C12H16N2O4. The van der Waals surface area contributed by atoms with Crippen molar-refractivity contribution < 1.29 is 14.5 Å². The predicted molar refractivity (Wildman–Crippen MR) is 66.4 cm³/mol. The van der Waals surface area contributed by atoms with Gasteiger partial charge in [0.05, 0.1) is 11.5 Å². The zero-order chi connectivity index (χ0) is 13.7. The zero-order valence-corrected chi connectivity index (χ0v) is 10.3. The first kappa shape index (κ1) is 14.3. The molecule has 18 heavy (non-hydrogen) atoms. The molecule has 2 unspecified atom stereocenters. The van der Waals surface area contributed by atoms with E-state index in [1.54, 1.807) is 13.0 Å². The minimum Gasteiger partial charge on any atom is -0.383 e. The van der Waals surface area contributed by atoms with E-state index in [1.165, 1.54) is 25.3 Å². The van der Waals surface area contributed by atoms with Crippen LogP contribution in [0.15, 0.2) is 24.3 Å². The van der Waals surface area contributed by atoms with Crippen LogP contribution in [0.2, 0.25) is 0 Å². The van der Waals surface area contributed by atoms with E-state index in [4.69, 9.17) is 10.5 Å². The average molecular weight is 252 g/mol. The Hall–Kier alpha value is -1.79. The van der Waals surface area contributed by atoms with Gasteiger partial charge in [-0.25, -0.2) is 0 Å². The smallest absolute Gasteiger partial charge is 0.270 e. The summed E-state index contributed by atoms with van der Waals surface area (Å²) in [7, 11) is 1.50. The van der Waals surface area contributed by atoms with Crippen molar-refractivity contribution in [1.82, 2.24) is 0 Å². The van der Waals surface area contributed by atoms with E-state index >= 15 is 0 Å². The second kappa shape index (κ2) is 6.23. The number of hydrogen-bond donors (Lipinski definition) is 1. The van der Waals surface area contributed by atoms with Crippen molar-refractivity contribution >= 4 is 11.5 Å². The van der Waals surface area contributed by atoms with Crippen LogP contribution in [0.5, 0.6) is 0 Å². The molecule has 0 aromatic heterocycles. The maximum Gasteiger partial charge on any atom is 0.270 e. The van der Waals surface area contributed by atoms with Gasteiger partial charge < -0.3 is 10.5 Å². The Kier molecular flexibility index (Phi) is 4.94. The molecule has 1 aromatic carbocycles. The maximum absolute atomic E-state index is 12.1. The highest BCUT2D eigenvalue weighted by Crippen LogP contribution is 2.17. The molecule has 1 aromatic rings. The summed E-state index contributed by atoms with van der Waals surface area (Å²) in [6, 6.07) is 5.21. The number of hydrogen-bond acceptors (Lipinski definition) is 5. The summed E-state index contributed by atoms with van der Waals surface area (Å²) in [5, 5.41) is 10.6. The largest absolute Gasteiger partial charge is 0.383 e. The molecule has 0 bridgehead atoms. The van der Waals surface area contributed by atoms with E-state index in [0.29, 0.717) is 5.56 Å². The normalized spacial score (nSPS) is 13.9. The SMILES string of the molecule is COCC(N)C(C)C(=O)c1cccc([N+](=O)[O-])c1. The van der Waals surface area contributed by atoms with Crippen LogP contribution in [-0.4, -0.2) is 30.5 Å². The van der Waals surface area contributed by atoms with E-state index < -0.39 is 16.9 Å². The van der Waals surface area contributed by atoms with Crippen LogP contribution in [0.25, 0.3) is 0 Å². The highest BCUT2D eigenvalue weighted by Gasteiger charge is 2.23. The number of carbonyl (C=O) groups excluding carboxylic acids is 1. The summed E-state index contributed by atoms with van der Waals surface area (Å²) in [5.41, 5.74) is 5.98. The predicted octanol–water partition coefficient (Wildman–Crippen LogP) is 1.39. The van der Waals surface area contributed by atoms with E-state index in [9.17, 15) is 14.9 Å². The van der Waals surface area contributed by atoms with Crippen LogP contribution in [-0.2, 0) is 4.74 Å². The minimum atomic E-state index is -0.531. The number of nitrogens with two attached hydrogens (primary N) is 1. The lowest BCUT2D eigenvalue weighted by atomic mass is 9.93. The van der Waals surface area contributed by atoms with Gasteiger partial charge in [0.25, 0.3) is 5.69 Å². The fourth-order valence-electron chi connectivity index (χ4n) is 1.57. The lowest BCUT2D eigenvalue weighted by Crippen LogP contribution is -2.37. The van der Waals surface area contributed by atoms with Gasteiger partial charge in [-0.1, -0.05) is 19.1 Å². The Bertz CT molecular complexity index is 447. The summed E-state index contributed by atoms with van der Waals surface area (Å²) >= 11 is 0. The van der Waals surface area contributed by atoms with Gasteiger partial charge in [-0.05, 0) is 0 Å². The Morgan fingerprint density at radius 2 is 2.22 bits per heavy atom. The number of ketones is 1. The molecule has 98 valence electrons. The average Bonchev–Trinajstić information content (AvgIpc) is 2.37. The lowest BCUT2D eigenvalue weighted by Gasteiger charge is -2.17. The fourth-order valence-corrected chi connectivity index (χ4v) is 1.57. The third-order valence-electron chi connectivity index (χ3n) is 2.76. The first-order chi connectivity index (χ1) is 8.47. The molecule has 0 amide bonds. The van der Waals surface area contributed by atoms with Crippen LogP contribution in [0.1, 0.15) is 17.3 Å². The molecule has 0 aliphatic heterocycles. The quantitative estimate of drug-likeness (QED) is 0.469. The Morgan fingerprint density at radius 3 is 2.78 bits per heavy atom. The molecule has 0 aliphatic rings. The molecule has 0 radical (unpaired) electrons. The summed E-state index contributed by atoms with van der Waals surface area (Å²) in [6.45, 7) is 1.95. The van der Waals surface area contributed by atoms with E-state index in [-0.39, 0.29) is 18.1 Å². The molecule has 1 rings (SSSR count). The Balaban J connectivity index is 2.89. The molecule has 6 heteroatoms. The third-order valence-corrected chi connectivity index (χ3v) is 2.76. The Morgan fingerprint density at radius 1 is 1.56 bits per heavy atom. The number of Topliss-reactive ketones (excluding diaryl/α,β-unsaturated/α-hetero) is 1. The molecule has 0 fully saturated rings. The highest BCUT2D eigenvalue weighted by molar-refractivity contribution is 5.98. The number of nitrogens with zero attached hydrogens (tertiary/aromatic N) is 1. The monoisotopic (exact) mass is 252 g/mol. The first-order valence-corrected chi connectivity index (χ1v) is 5.50. The molecule has 0 aliphatic carbocycles. The molecule has 0 heterocycles. The standard InChI is InChI=1S/C12H16N2O4/c1-8(11(13)7-18-2)12(15)9-4-3-5-10(6-9)14(16)17/h3-6,8,11H,7,13H2,1-2H3. The van der Waals surface area contributed by atoms with Crippen LogP contribution < -0.4 is 5.73 Å². The van der Waals surface area contributed by atoms with Crippen molar-refractivity contribution in [2.45, 2.75) is 13.0 Å². The van der Waals surface area contributed by atoms with Gasteiger partial charge in [0.15, 0.2) is 5.78 Å². The van der Waals surface area contributed by atoms with Gasteiger partial charge in [-0.2, -0.15) is 0 Å².